The molecule has 1 saturated heterocycles. The summed E-state index contributed by atoms with van der Waals surface area (Å²) in [6.45, 7) is 3.02. The molecule has 26 heavy (non-hydrogen) atoms. The van der Waals surface area contributed by atoms with Gasteiger partial charge >= 0.3 is 0 Å². The fraction of sp³-hybridized carbons (Fsp3) is 0.294. The van der Waals surface area contributed by atoms with Crippen LogP contribution in [0.15, 0.2) is 29.0 Å². The van der Waals surface area contributed by atoms with Crippen LogP contribution in [0.5, 0.6) is 0 Å². The molecule has 4 aromatic rings. The van der Waals surface area contributed by atoms with E-state index in [1.165, 1.54) is 0 Å². The first-order valence-electron chi connectivity index (χ1n) is 8.23. The van der Waals surface area contributed by atoms with Crippen LogP contribution >= 0.6 is 11.6 Å². The number of ether oxygens (including phenoxy) is 1. The molecule has 1 fully saturated rings. The summed E-state index contributed by atoms with van der Waals surface area (Å²) < 4.78 is 13.5. The largest absolute Gasteiger partial charge is 0.618 e. The Bertz CT molecular complexity index is 1150. The highest BCUT2D eigenvalue weighted by Crippen LogP contribution is 2.29. The smallest absolute Gasteiger partial charge is 0.279 e. The third kappa shape index (κ3) is 2.19. The van der Waals surface area contributed by atoms with Gasteiger partial charge in [-0.1, -0.05) is 16.8 Å². The van der Waals surface area contributed by atoms with Crippen molar-refractivity contribution in [3.63, 3.8) is 0 Å². The number of aromatic nitrogens is 5. The molecule has 1 atom stereocenters. The van der Waals surface area contributed by atoms with Gasteiger partial charge in [0.1, 0.15) is 17.4 Å². The number of halogens is 1. The second-order valence-electron chi connectivity index (χ2n) is 6.34. The van der Waals surface area contributed by atoms with E-state index in [0.29, 0.717) is 57.9 Å². The van der Waals surface area contributed by atoms with E-state index < -0.39 is 0 Å². The van der Waals surface area contributed by atoms with Crippen LogP contribution in [0.25, 0.3) is 28.1 Å². The maximum Gasteiger partial charge on any atom is 0.279 e. The molecule has 0 bridgehead atoms. The molecule has 0 aliphatic carbocycles. The van der Waals surface area contributed by atoms with Gasteiger partial charge < -0.3 is 14.5 Å². The zero-order chi connectivity index (χ0) is 17.8. The Balaban J connectivity index is 1.72. The van der Waals surface area contributed by atoms with E-state index in [1.807, 2.05) is 4.40 Å². The minimum atomic E-state index is 0.134. The van der Waals surface area contributed by atoms with E-state index in [-0.39, 0.29) is 5.92 Å². The van der Waals surface area contributed by atoms with Crippen LogP contribution < -0.4 is 4.73 Å². The molecule has 4 heterocycles. The number of benzene rings is 1. The molecule has 0 amide bonds. The minimum Gasteiger partial charge on any atom is -0.618 e. The summed E-state index contributed by atoms with van der Waals surface area (Å²) in [6.07, 6.45) is 2.52. The summed E-state index contributed by atoms with van der Waals surface area (Å²) in [4.78, 5) is 8.91. The Morgan fingerprint density at radius 3 is 3.08 bits per heavy atom. The number of hydrogen-bond acceptors (Lipinski definition) is 6. The normalized spacial score (nSPS) is 17.5. The molecular formula is C17H14ClN5O3. The highest BCUT2D eigenvalue weighted by molar-refractivity contribution is 6.31. The average Bonchev–Trinajstić information content (AvgIpc) is 3.38. The molecule has 132 valence electrons. The Morgan fingerprint density at radius 1 is 1.38 bits per heavy atom. The third-order valence-electron chi connectivity index (χ3n) is 4.77. The number of nitrogens with zero attached hydrogens (tertiary/aromatic N) is 5. The molecule has 1 aliphatic heterocycles. The van der Waals surface area contributed by atoms with Gasteiger partial charge in [-0.25, -0.2) is 4.98 Å². The first-order chi connectivity index (χ1) is 12.6. The maximum atomic E-state index is 12.7. The van der Waals surface area contributed by atoms with E-state index >= 15 is 0 Å². The van der Waals surface area contributed by atoms with E-state index in [1.54, 1.807) is 31.5 Å². The van der Waals surface area contributed by atoms with Crippen molar-refractivity contribution >= 4 is 28.2 Å². The predicted octanol–water partition coefficient (Wildman–Crippen LogP) is 2.64. The fourth-order valence-corrected chi connectivity index (χ4v) is 3.57. The molecule has 0 spiro atoms. The standard InChI is InChI=1S/C17H14ClN5O3/c1-9-15-14(17-20-16(21-26-17)10-4-5-25-7-10)19-8-22(15)12-3-2-11(18)6-13(12)23(9)24/h2-3,6,8,10H,4-5,7H2,1H3. The SMILES string of the molecule is Cc1c2c(-c3nc(C4CCOC4)no3)ncn2c2ccc(Cl)cc2[n+]1[O-]. The summed E-state index contributed by atoms with van der Waals surface area (Å²) in [5, 5.41) is 17.3. The summed E-state index contributed by atoms with van der Waals surface area (Å²) in [5.41, 5.74) is 2.78. The van der Waals surface area contributed by atoms with E-state index in [2.05, 4.69) is 15.1 Å². The van der Waals surface area contributed by atoms with Crippen molar-refractivity contribution in [3.05, 3.63) is 46.3 Å². The van der Waals surface area contributed by atoms with Gasteiger partial charge in [0.25, 0.3) is 5.89 Å². The first kappa shape index (κ1) is 15.5. The van der Waals surface area contributed by atoms with Crippen LogP contribution in [0.2, 0.25) is 5.02 Å². The lowest BCUT2D eigenvalue weighted by atomic mass is 10.1. The Labute approximate surface area is 152 Å². The molecule has 9 heteroatoms. The summed E-state index contributed by atoms with van der Waals surface area (Å²) in [7, 11) is 0. The van der Waals surface area contributed by atoms with Gasteiger partial charge in [0.15, 0.2) is 11.5 Å². The number of imidazole rings is 1. The van der Waals surface area contributed by atoms with Gasteiger partial charge in [-0.3, -0.25) is 4.40 Å². The average molecular weight is 372 g/mol. The molecule has 0 N–H and O–H groups in total. The van der Waals surface area contributed by atoms with Gasteiger partial charge in [0, 0.05) is 30.5 Å². The topological polar surface area (TPSA) is 92.4 Å². The zero-order valence-electron chi connectivity index (χ0n) is 13.8. The lowest BCUT2D eigenvalue weighted by Crippen LogP contribution is -2.32. The van der Waals surface area contributed by atoms with Crippen molar-refractivity contribution in [1.82, 2.24) is 19.5 Å². The minimum absolute atomic E-state index is 0.134. The van der Waals surface area contributed by atoms with E-state index in [4.69, 9.17) is 20.9 Å². The van der Waals surface area contributed by atoms with Gasteiger partial charge in [-0.15, -0.1) is 0 Å². The van der Waals surface area contributed by atoms with Crippen molar-refractivity contribution < 1.29 is 14.0 Å². The van der Waals surface area contributed by atoms with E-state index in [9.17, 15) is 5.21 Å². The van der Waals surface area contributed by atoms with Crippen molar-refractivity contribution in [2.45, 2.75) is 19.3 Å². The first-order valence-corrected chi connectivity index (χ1v) is 8.61. The summed E-state index contributed by atoms with van der Waals surface area (Å²) in [5.74, 6) is 1.04. The lowest BCUT2D eigenvalue weighted by Gasteiger charge is -2.08. The van der Waals surface area contributed by atoms with Crippen LogP contribution in [0.3, 0.4) is 0 Å². The predicted molar refractivity (Wildman–Crippen MR) is 92.9 cm³/mol. The third-order valence-corrected chi connectivity index (χ3v) is 5.00. The van der Waals surface area contributed by atoms with Crippen molar-refractivity contribution in [1.29, 1.82) is 0 Å². The molecule has 8 nitrogen and oxygen atoms in total. The molecular weight excluding hydrogens is 358 g/mol. The summed E-state index contributed by atoms with van der Waals surface area (Å²) >= 11 is 6.04. The van der Waals surface area contributed by atoms with Crippen LogP contribution in [0.4, 0.5) is 0 Å². The van der Waals surface area contributed by atoms with Gasteiger partial charge in [-0.2, -0.15) is 9.71 Å². The van der Waals surface area contributed by atoms with Crippen molar-refractivity contribution in [2.75, 3.05) is 13.2 Å². The highest BCUT2D eigenvalue weighted by atomic mass is 35.5. The molecule has 0 radical (unpaired) electrons. The zero-order valence-corrected chi connectivity index (χ0v) is 14.6. The Hall–Kier alpha value is -2.71. The quantitative estimate of drug-likeness (QED) is 0.397. The Morgan fingerprint density at radius 2 is 2.27 bits per heavy atom. The summed E-state index contributed by atoms with van der Waals surface area (Å²) in [6, 6.07) is 5.17. The number of hydrogen-bond donors (Lipinski definition) is 0. The molecule has 0 saturated carbocycles. The van der Waals surface area contributed by atoms with Gasteiger partial charge in [0.2, 0.25) is 11.2 Å². The van der Waals surface area contributed by atoms with Crippen LogP contribution in [-0.2, 0) is 4.74 Å². The van der Waals surface area contributed by atoms with Crippen LogP contribution in [-0.4, -0.2) is 32.7 Å². The van der Waals surface area contributed by atoms with Crippen molar-refractivity contribution in [2.24, 2.45) is 0 Å². The van der Waals surface area contributed by atoms with Crippen LogP contribution in [0, 0.1) is 12.1 Å². The fourth-order valence-electron chi connectivity index (χ4n) is 3.41. The number of fused-ring (bicyclic) bond motifs is 3. The number of rotatable bonds is 2. The lowest BCUT2D eigenvalue weighted by molar-refractivity contribution is -0.583. The molecule has 1 aliphatic rings. The van der Waals surface area contributed by atoms with Crippen molar-refractivity contribution in [3.8, 4) is 11.6 Å². The highest BCUT2D eigenvalue weighted by Gasteiger charge is 2.27. The maximum absolute atomic E-state index is 12.7. The van der Waals surface area contributed by atoms with Gasteiger partial charge in [0.05, 0.1) is 6.61 Å². The number of aryl methyl sites for hydroxylation is 1. The van der Waals surface area contributed by atoms with E-state index in [0.717, 1.165) is 11.2 Å². The molecule has 1 aromatic carbocycles. The van der Waals surface area contributed by atoms with Crippen LogP contribution in [0.1, 0.15) is 23.9 Å². The molecule has 1 unspecified atom stereocenters. The van der Waals surface area contributed by atoms with Gasteiger partial charge in [-0.05, 0) is 18.6 Å². The monoisotopic (exact) mass is 371 g/mol. The second kappa shape index (κ2) is 5.65. The Kier molecular flexibility index (Phi) is 3.38. The second-order valence-corrected chi connectivity index (χ2v) is 6.78. The molecule has 5 rings (SSSR count). The molecule has 3 aromatic heterocycles.